The molecule has 2 rings (SSSR count). The van der Waals surface area contributed by atoms with Crippen LogP contribution in [0.5, 0.6) is 0 Å². The van der Waals surface area contributed by atoms with Gasteiger partial charge in [0.1, 0.15) is 0 Å². The number of hydrogen-bond acceptors (Lipinski definition) is 4. The first-order chi connectivity index (χ1) is 12.3. The fourth-order valence-corrected chi connectivity index (χ4v) is 3.47. The van der Waals surface area contributed by atoms with Gasteiger partial charge < -0.3 is 11.1 Å². The molecule has 0 spiro atoms. The Balaban J connectivity index is 1.82. The number of rotatable bonds is 8. The Labute approximate surface area is 156 Å². The Kier molecular flexibility index (Phi) is 6.73. The van der Waals surface area contributed by atoms with Gasteiger partial charge in [-0.25, -0.2) is 13.1 Å². The van der Waals surface area contributed by atoms with E-state index in [2.05, 4.69) is 10.0 Å². The lowest BCUT2D eigenvalue weighted by Crippen LogP contribution is -2.30. The zero-order valence-electron chi connectivity index (χ0n) is 13.7. The van der Waals surface area contributed by atoms with Crippen molar-refractivity contribution < 1.29 is 18.0 Å². The molecule has 2 aromatic carbocycles. The van der Waals surface area contributed by atoms with E-state index in [1.807, 2.05) is 0 Å². The van der Waals surface area contributed by atoms with Gasteiger partial charge in [0.05, 0.1) is 4.90 Å². The molecule has 0 heterocycles. The predicted molar refractivity (Wildman–Crippen MR) is 98.1 cm³/mol. The molecule has 4 N–H and O–H groups in total. The summed E-state index contributed by atoms with van der Waals surface area (Å²) in [5, 5.41) is 2.96. The quantitative estimate of drug-likeness (QED) is 0.626. The highest BCUT2D eigenvalue weighted by Gasteiger charge is 2.14. The first-order valence-corrected chi connectivity index (χ1v) is 9.55. The molecule has 0 saturated carbocycles. The summed E-state index contributed by atoms with van der Waals surface area (Å²) in [4.78, 5) is 23.0. The summed E-state index contributed by atoms with van der Waals surface area (Å²) in [6.07, 6.45) is -0.0324. The van der Waals surface area contributed by atoms with E-state index in [4.69, 9.17) is 17.3 Å². The van der Waals surface area contributed by atoms with Crippen LogP contribution >= 0.6 is 11.6 Å². The minimum Gasteiger partial charge on any atom is -0.366 e. The number of nitrogens with two attached hydrogens (primary N) is 1. The Morgan fingerprint density at radius 3 is 2.50 bits per heavy atom. The highest BCUT2D eigenvalue weighted by molar-refractivity contribution is 7.89. The maximum Gasteiger partial charge on any atom is 0.248 e. The summed E-state index contributed by atoms with van der Waals surface area (Å²) in [6.45, 7) is 0.156. The third-order valence-electron chi connectivity index (χ3n) is 3.45. The van der Waals surface area contributed by atoms with Gasteiger partial charge in [0.15, 0.2) is 0 Å². The monoisotopic (exact) mass is 395 g/mol. The Morgan fingerprint density at radius 2 is 1.81 bits per heavy atom. The minimum atomic E-state index is -3.73. The van der Waals surface area contributed by atoms with Crippen LogP contribution in [0.3, 0.4) is 0 Å². The molecular weight excluding hydrogens is 378 g/mol. The first kappa shape index (κ1) is 19.9. The van der Waals surface area contributed by atoms with Crippen molar-refractivity contribution in [3.05, 3.63) is 64.7 Å². The summed E-state index contributed by atoms with van der Waals surface area (Å²) in [7, 11) is -3.73. The summed E-state index contributed by atoms with van der Waals surface area (Å²) in [5.41, 5.74) is 6.27. The summed E-state index contributed by atoms with van der Waals surface area (Å²) in [6, 6.07) is 12.4. The van der Waals surface area contributed by atoms with Crippen LogP contribution in [0.4, 0.5) is 0 Å². The van der Waals surface area contributed by atoms with Gasteiger partial charge >= 0.3 is 0 Å². The van der Waals surface area contributed by atoms with E-state index < -0.39 is 15.9 Å². The number of nitrogens with one attached hydrogen (secondary N) is 2. The first-order valence-electron chi connectivity index (χ1n) is 7.68. The van der Waals surface area contributed by atoms with Gasteiger partial charge in [-0.3, -0.25) is 9.59 Å². The van der Waals surface area contributed by atoms with Gasteiger partial charge in [-0.1, -0.05) is 29.8 Å². The van der Waals surface area contributed by atoms with Crippen LogP contribution in [-0.4, -0.2) is 26.8 Å². The molecule has 9 heteroatoms. The second kappa shape index (κ2) is 8.79. The number of amides is 2. The number of halogens is 1. The second-order valence-electron chi connectivity index (χ2n) is 5.45. The van der Waals surface area contributed by atoms with E-state index in [9.17, 15) is 18.0 Å². The highest BCUT2D eigenvalue weighted by Crippen LogP contribution is 2.15. The third kappa shape index (κ3) is 5.83. The number of primary amides is 1. The molecule has 0 aromatic heterocycles. The van der Waals surface area contributed by atoms with Crippen molar-refractivity contribution in [3.8, 4) is 0 Å². The van der Waals surface area contributed by atoms with Gasteiger partial charge in [-0.2, -0.15) is 0 Å². The predicted octanol–water partition coefficient (Wildman–Crippen LogP) is 1.42. The molecule has 138 valence electrons. The molecule has 0 radical (unpaired) electrons. The van der Waals surface area contributed by atoms with Crippen molar-refractivity contribution in [2.24, 2.45) is 5.73 Å². The number of hydrogen-bond donors (Lipinski definition) is 3. The summed E-state index contributed by atoms with van der Waals surface area (Å²) in [5.74, 6) is -0.878. The lowest BCUT2D eigenvalue weighted by Gasteiger charge is -2.08. The van der Waals surface area contributed by atoms with Crippen molar-refractivity contribution in [3.63, 3.8) is 0 Å². The highest BCUT2D eigenvalue weighted by atomic mass is 35.5. The van der Waals surface area contributed by atoms with Gasteiger partial charge in [-0.15, -0.1) is 0 Å². The maximum atomic E-state index is 12.1. The molecule has 0 fully saturated rings. The van der Waals surface area contributed by atoms with Crippen LogP contribution in [0.25, 0.3) is 0 Å². The maximum absolute atomic E-state index is 12.1. The van der Waals surface area contributed by atoms with Crippen molar-refractivity contribution in [1.29, 1.82) is 0 Å². The van der Waals surface area contributed by atoms with Crippen molar-refractivity contribution in [1.82, 2.24) is 10.0 Å². The fourth-order valence-electron chi connectivity index (χ4n) is 2.14. The standard InChI is InChI=1S/C17H18ClN3O4S/c18-14-5-2-6-15(10-14)26(24,25)21-8-7-16(22)20-11-12-3-1-4-13(9-12)17(19)23/h1-6,9-10,21H,7-8,11H2,(H2,19,23)(H,20,22). The Morgan fingerprint density at radius 1 is 1.08 bits per heavy atom. The summed E-state index contributed by atoms with van der Waals surface area (Å²) >= 11 is 5.78. The van der Waals surface area contributed by atoms with Crippen LogP contribution in [0, 0.1) is 0 Å². The molecule has 0 atom stereocenters. The van der Waals surface area contributed by atoms with Crippen LogP contribution < -0.4 is 15.8 Å². The molecule has 0 unspecified atom stereocenters. The molecule has 0 aliphatic heterocycles. The van der Waals surface area contributed by atoms with Crippen LogP contribution in [0.15, 0.2) is 53.4 Å². The molecule has 0 bridgehead atoms. The Hall–Kier alpha value is -2.42. The lowest BCUT2D eigenvalue weighted by atomic mass is 10.1. The number of carbonyl (C=O) groups is 2. The zero-order valence-corrected chi connectivity index (χ0v) is 15.3. The number of sulfonamides is 1. The van der Waals surface area contributed by atoms with E-state index in [0.29, 0.717) is 16.1 Å². The normalized spacial score (nSPS) is 11.1. The average molecular weight is 396 g/mol. The largest absolute Gasteiger partial charge is 0.366 e. The number of carbonyl (C=O) groups excluding carboxylic acids is 2. The molecule has 2 amide bonds. The van der Waals surface area contributed by atoms with Crippen LogP contribution in [-0.2, 0) is 21.4 Å². The average Bonchev–Trinajstić information content (AvgIpc) is 2.60. The molecule has 0 aliphatic rings. The van der Waals surface area contributed by atoms with Gasteiger partial charge in [0.25, 0.3) is 0 Å². The second-order valence-corrected chi connectivity index (χ2v) is 7.65. The van der Waals surface area contributed by atoms with Gasteiger partial charge in [0, 0.05) is 30.1 Å². The fraction of sp³-hybridized carbons (Fsp3) is 0.176. The molecule has 0 aliphatic carbocycles. The van der Waals surface area contributed by atoms with Crippen LogP contribution in [0.2, 0.25) is 5.02 Å². The molecular formula is C17H18ClN3O4S. The summed E-state index contributed by atoms with van der Waals surface area (Å²) < 4.78 is 26.5. The van der Waals surface area contributed by atoms with E-state index >= 15 is 0 Å². The third-order valence-corrected chi connectivity index (χ3v) is 5.15. The van der Waals surface area contributed by atoms with E-state index in [1.54, 1.807) is 30.3 Å². The molecule has 0 saturated heterocycles. The van der Waals surface area contributed by atoms with E-state index in [0.717, 1.165) is 0 Å². The zero-order chi connectivity index (χ0) is 19.2. The van der Waals surface area contributed by atoms with Crippen molar-refractivity contribution in [2.45, 2.75) is 17.9 Å². The van der Waals surface area contributed by atoms with E-state index in [1.165, 1.54) is 18.2 Å². The van der Waals surface area contributed by atoms with Crippen molar-refractivity contribution in [2.75, 3.05) is 6.54 Å². The minimum absolute atomic E-state index is 0.0324. The van der Waals surface area contributed by atoms with Crippen molar-refractivity contribution >= 4 is 33.4 Å². The SMILES string of the molecule is NC(=O)c1cccc(CNC(=O)CCNS(=O)(=O)c2cccc(Cl)c2)c1. The molecule has 26 heavy (non-hydrogen) atoms. The molecule has 2 aromatic rings. The van der Waals surface area contributed by atoms with Crippen LogP contribution in [0.1, 0.15) is 22.3 Å². The lowest BCUT2D eigenvalue weighted by molar-refractivity contribution is -0.121. The van der Waals surface area contributed by atoms with E-state index in [-0.39, 0.29) is 30.3 Å². The van der Waals surface area contributed by atoms with Gasteiger partial charge in [0.2, 0.25) is 21.8 Å². The van der Waals surface area contributed by atoms with Gasteiger partial charge in [-0.05, 0) is 35.9 Å². The number of benzene rings is 2. The topological polar surface area (TPSA) is 118 Å². The smallest absolute Gasteiger partial charge is 0.248 e. The molecule has 7 nitrogen and oxygen atoms in total. The Bertz CT molecular complexity index is 916.